The molecule has 0 unspecified atom stereocenters. The Hall–Kier alpha value is -8.07. The standard InChI is InChI=1S/C60H51B2N7Si/c1-41-20-16-21-42(2)57(41)61-66(46-26-12-8-13-27-46)50-35-33-49(69-60-52(31-19-37-63-60)67(47-28-14-9-15-29-47)62(69)58-43(3)22-17-23-44(58)4)38-53(50)68(61)48-34-36-55-54(39-48)65-40-64(45-24-10-7-11-25-45)51-30-18-32-56(59(51)65)70(55,5)6/h7-39H,1-6H3. The van der Waals surface area contributed by atoms with Crippen molar-refractivity contribution >= 4 is 100 Å². The van der Waals surface area contributed by atoms with Crippen molar-refractivity contribution in [2.75, 3.05) is 19.2 Å². The summed E-state index contributed by atoms with van der Waals surface area (Å²) in [5, 5.41) is 2.83. The Bertz CT molecular complexity index is 3650. The Labute approximate surface area is 412 Å². The van der Waals surface area contributed by atoms with Gasteiger partial charge in [-0.3, -0.25) is 9.13 Å². The topological polar surface area (TPSA) is 34.7 Å². The number of fused-ring (bicyclic) bond motifs is 4. The van der Waals surface area contributed by atoms with E-state index in [2.05, 4.69) is 270 Å². The molecule has 0 fully saturated rings. The average molecular weight is 920 g/mol. The number of hydrogen-bond donors (Lipinski definition) is 0. The van der Waals surface area contributed by atoms with Crippen LogP contribution in [0.1, 0.15) is 22.3 Å². The summed E-state index contributed by atoms with van der Waals surface area (Å²) >= 11 is 0. The molecule has 0 saturated heterocycles. The summed E-state index contributed by atoms with van der Waals surface area (Å²) in [7, 11) is -2.19. The van der Waals surface area contributed by atoms with Gasteiger partial charge in [0.15, 0.2) is 0 Å². The zero-order chi connectivity index (χ0) is 47.4. The van der Waals surface area contributed by atoms with Crippen LogP contribution in [0.5, 0.6) is 0 Å². The summed E-state index contributed by atoms with van der Waals surface area (Å²) in [5.41, 5.74) is 20.0. The number of para-hydroxylation sites is 4. The molecule has 3 aliphatic heterocycles. The van der Waals surface area contributed by atoms with Gasteiger partial charge in [0.2, 0.25) is 0 Å². The van der Waals surface area contributed by atoms with E-state index in [1.807, 2.05) is 6.20 Å². The largest absolute Gasteiger partial charge is 0.422 e. The lowest BCUT2D eigenvalue weighted by Crippen LogP contribution is -2.57. The van der Waals surface area contributed by atoms with Gasteiger partial charge in [-0.05, 0) is 128 Å². The molecule has 336 valence electrons. The van der Waals surface area contributed by atoms with E-state index in [0.29, 0.717) is 0 Å². The smallest absolute Gasteiger partial charge is 0.360 e. The predicted molar refractivity (Wildman–Crippen MR) is 295 cm³/mol. The van der Waals surface area contributed by atoms with E-state index in [-0.39, 0.29) is 14.0 Å². The highest BCUT2D eigenvalue weighted by Crippen LogP contribution is 2.51. The highest BCUT2D eigenvalue weighted by Gasteiger charge is 2.49. The molecule has 10 heteroatoms. The van der Waals surface area contributed by atoms with Gasteiger partial charge in [0.05, 0.1) is 39.5 Å². The molecular weight excluding hydrogens is 868 g/mol. The summed E-state index contributed by atoms with van der Waals surface area (Å²) in [6.45, 7) is 13.6. The van der Waals surface area contributed by atoms with E-state index in [4.69, 9.17) is 4.98 Å². The Morgan fingerprint density at radius 2 is 0.971 bits per heavy atom. The summed E-state index contributed by atoms with van der Waals surface area (Å²) in [6.07, 6.45) is 5.82. The van der Waals surface area contributed by atoms with Crippen LogP contribution in [0.25, 0.3) is 22.4 Å². The molecule has 0 amide bonds. The highest BCUT2D eigenvalue weighted by molar-refractivity contribution is 7.02. The molecule has 5 heterocycles. The van der Waals surface area contributed by atoms with Gasteiger partial charge in [0.25, 0.3) is 6.33 Å². The van der Waals surface area contributed by atoms with Crippen molar-refractivity contribution in [3.05, 3.63) is 229 Å². The molecule has 0 N–H and O–H groups in total. The number of pyridine rings is 1. The van der Waals surface area contributed by atoms with Gasteiger partial charge in [0, 0.05) is 28.9 Å². The van der Waals surface area contributed by atoms with Crippen LogP contribution < -0.4 is 45.1 Å². The summed E-state index contributed by atoms with van der Waals surface area (Å²) < 4.78 is 4.59. The van der Waals surface area contributed by atoms with Gasteiger partial charge in [-0.2, -0.15) is 0 Å². The molecule has 2 aromatic heterocycles. The van der Waals surface area contributed by atoms with Gasteiger partial charge in [-0.15, -0.1) is 0 Å². The van der Waals surface area contributed by atoms with Gasteiger partial charge in [0.1, 0.15) is 13.9 Å². The highest BCUT2D eigenvalue weighted by atomic mass is 28.3. The van der Waals surface area contributed by atoms with E-state index in [0.717, 1.165) is 51.3 Å². The first-order valence-corrected chi connectivity index (χ1v) is 27.4. The molecule has 70 heavy (non-hydrogen) atoms. The number of aromatic nitrogens is 3. The van der Waals surface area contributed by atoms with E-state index >= 15 is 0 Å². The maximum atomic E-state index is 5.23. The fraction of sp³-hybridized carbons (Fsp3) is 0.100. The fourth-order valence-corrected chi connectivity index (χ4v) is 14.9. The summed E-state index contributed by atoms with van der Waals surface area (Å²) in [6, 6.07) is 71.3. The zero-order valence-electron chi connectivity index (χ0n) is 40.3. The molecular formula is C60H51B2N7Si. The minimum atomic E-state index is -2.19. The first kappa shape index (κ1) is 42.1. The Balaban J connectivity index is 1.08. The lowest BCUT2D eigenvalue weighted by molar-refractivity contribution is -0.572. The Morgan fingerprint density at radius 1 is 0.443 bits per heavy atom. The maximum Gasteiger partial charge on any atom is 0.422 e. The van der Waals surface area contributed by atoms with Crippen molar-refractivity contribution in [3.63, 3.8) is 0 Å². The number of nitrogens with zero attached hydrogens (tertiary/aromatic N) is 7. The molecule has 0 saturated carbocycles. The molecule has 3 aliphatic rings. The molecule has 0 bridgehead atoms. The van der Waals surface area contributed by atoms with Crippen molar-refractivity contribution in [2.24, 2.45) is 0 Å². The quantitative estimate of drug-likeness (QED) is 0.0904. The van der Waals surface area contributed by atoms with Crippen LogP contribution in [0.2, 0.25) is 13.1 Å². The average Bonchev–Trinajstić information content (AvgIpc) is 4.05. The molecule has 0 spiro atoms. The second kappa shape index (κ2) is 16.0. The van der Waals surface area contributed by atoms with Crippen molar-refractivity contribution in [3.8, 4) is 11.4 Å². The van der Waals surface area contributed by atoms with Crippen molar-refractivity contribution in [1.82, 2.24) is 9.55 Å². The van der Waals surface area contributed by atoms with Gasteiger partial charge in [-0.1, -0.05) is 151 Å². The number of imidazole rings is 1. The summed E-state index contributed by atoms with van der Waals surface area (Å²) in [5.74, 6) is 0.924. The normalized spacial score (nSPS) is 14.4. The van der Waals surface area contributed by atoms with Crippen LogP contribution in [0, 0.1) is 34.0 Å². The van der Waals surface area contributed by atoms with E-state index in [1.165, 1.54) is 60.3 Å². The minimum absolute atomic E-state index is 0.208. The fourth-order valence-electron chi connectivity index (χ4n) is 12.0. The first-order valence-electron chi connectivity index (χ1n) is 24.4. The summed E-state index contributed by atoms with van der Waals surface area (Å²) in [4.78, 5) is 15.3. The van der Waals surface area contributed by atoms with Crippen LogP contribution >= 0.6 is 0 Å². The molecule has 0 atom stereocenters. The number of benzene rings is 8. The maximum absolute atomic E-state index is 5.23. The van der Waals surface area contributed by atoms with Gasteiger partial charge in [-0.25, -0.2) is 4.98 Å². The molecule has 13 rings (SSSR count). The molecule has 7 nitrogen and oxygen atoms in total. The van der Waals surface area contributed by atoms with Crippen molar-refractivity contribution in [2.45, 2.75) is 40.8 Å². The third-order valence-corrected chi connectivity index (χ3v) is 18.7. The van der Waals surface area contributed by atoms with Crippen LogP contribution in [-0.2, 0) is 0 Å². The lowest BCUT2D eigenvalue weighted by Gasteiger charge is -2.35. The second-order valence-electron chi connectivity index (χ2n) is 19.6. The van der Waals surface area contributed by atoms with Crippen molar-refractivity contribution < 1.29 is 4.57 Å². The first-order chi connectivity index (χ1) is 34.2. The van der Waals surface area contributed by atoms with Gasteiger partial charge < -0.3 is 19.2 Å². The molecule has 0 radical (unpaired) electrons. The minimum Gasteiger partial charge on any atom is -0.360 e. The van der Waals surface area contributed by atoms with E-state index < -0.39 is 8.07 Å². The van der Waals surface area contributed by atoms with Gasteiger partial charge >= 0.3 is 14.0 Å². The van der Waals surface area contributed by atoms with E-state index in [9.17, 15) is 0 Å². The lowest BCUT2D eigenvalue weighted by atomic mass is 9.61. The molecule has 0 aliphatic carbocycles. The number of anilines is 8. The Kier molecular flexibility index (Phi) is 9.62. The molecule has 10 aromatic rings. The second-order valence-corrected chi connectivity index (χ2v) is 24.0. The SMILES string of the molecule is Cc1cccc(C)c1B1N(c2ccccc2)c2ccc(N3B(c4c(C)cccc4C)N(c4ccccc4)c4cccnc43)cc2N1c1ccc2c(c1)-n1[c-][n+](-c3ccccc3)c3cccc(c31)[Si]2(C)C. The van der Waals surface area contributed by atoms with Crippen LogP contribution in [-0.4, -0.2) is 31.6 Å². The molecule has 8 aromatic carbocycles. The number of hydrogen-bond acceptors (Lipinski definition) is 5. The monoisotopic (exact) mass is 919 g/mol. The predicted octanol–water partition coefficient (Wildman–Crippen LogP) is 10.8. The Morgan fingerprint density at radius 3 is 1.61 bits per heavy atom. The van der Waals surface area contributed by atoms with Crippen LogP contribution in [0.15, 0.2) is 200 Å². The zero-order valence-corrected chi connectivity index (χ0v) is 41.3. The third kappa shape index (κ3) is 6.22. The van der Waals surface area contributed by atoms with Crippen molar-refractivity contribution in [1.29, 1.82) is 0 Å². The third-order valence-electron chi connectivity index (χ3n) is 15.2. The number of aryl methyl sites for hydroxylation is 4. The van der Waals surface area contributed by atoms with Crippen LogP contribution in [0.3, 0.4) is 0 Å². The van der Waals surface area contributed by atoms with Crippen LogP contribution in [0.4, 0.5) is 45.6 Å². The number of rotatable bonds is 7. The van der Waals surface area contributed by atoms with E-state index in [1.54, 1.807) is 0 Å².